The van der Waals surface area contributed by atoms with E-state index in [1.54, 1.807) is 12.1 Å². The van der Waals surface area contributed by atoms with Crippen LogP contribution in [0.3, 0.4) is 0 Å². The predicted molar refractivity (Wildman–Crippen MR) is 92.1 cm³/mol. The fourth-order valence-electron chi connectivity index (χ4n) is 2.61. The van der Waals surface area contributed by atoms with E-state index >= 15 is 0 Å². The molecule has 1 heterocycles. The third-order valence-electron chi connectivity index (χ3n) is 3.68. The lowest BCUT2D eigenvalue weighted by atomic mass is 10.3. The number of nitrogens with zero attached hydrogens (tertiary/aromatic N) is 2. The SMILES string of the molecule is CCc1nc2ccccc2n1C[C@H](O)COc1cccc(Cl)c1. The van der Waals surface area contributed by atoms with Crippen LogP contribution in [-0.4, -0.2) is 27.4 Å². The van der Waals surface area contributed by atoms with Gasteiger partial charge in [-0.05, 0) is 30.3 Å². The van der Waals surface area contributed by atoms with Crippen molar-refractivity contribution in [2.24, 2.45) is 0 Å². The number of para-hydroxylation sites is 2. The topological polar surface area (TPSA) is 47.3 Å². The zero-order chi connectivity index (χ0) is 16.2. The van der Waals surface area contributed by atoms with Gasteiger partial charge in [-0.3, -0.25) is 0 Å². The molecule has 1 aromatic heterocycles. The molecule has 0 bridgehead atoms. The lowest BCUT2D eigenvalue weighted by Crippen LogP contribution is -2.24. The molecule has 0 spiro atoms. The second-order valence-corrected chi connectivity index (χ2v) is 5.84. The van der Waals surface area contributed by atoms with Gasteiger partial charge in [0.1, 0.15) is 24.3 Å². The Labute approximate surface area is 140 Å². The van der Waals surface area contributed by atoms with E-state index in [1.807, 2.05) is 36.4 Å². The number of hydrogen-bond donors (Lipinski definition) is 1. The third-order valence-corrected chi connectivity index (χ3v) is 3.92. The average Bonchev–Trinajstić information content (AvgIpc) is 2.91. The molecule has 0 amide bonds. The van der Waals surface area contributed by atoms with Crippen LogP contribution in [0.1, 0.15) is 12.7 Å². The summed E-state index contributed by atoms with van der Waals surface area (Å²) < 4.78 is 7.67. The number of benzene rings is 2. The molecule has 4 nitrogen and oxygen atoms in total. The Hall–Kier alpha value is -2.04. The lowest BCUT2D eigenvalue weighted by Gasteiger charge is -2.15. The molecule has 0 aliphatic carbocycles. The van der Waals surface area contributed by atoms with E-state index in [4.69, 9.17) is 16.3 Å². The van der Waals surface area contributed by atoms with Gasteiger partial charge in [0.2, 0.25) is 0 Å². The van der Waals surface area contributed by atoms with E-state index < -0.39 is 6.10 Å². The smallest absolute Gasteiger partial charge is 0.120 e. The summed E-state index contributed by atoms with van der Waals surface area (Å²) in [5.41, 5.74) is 1.98. The zero-order valence-electron chi connectivity index (χ0n) is 12.9. The van der Waals surface area contributed by atoms with E-state index in [1.165, 1.54) is 0 Å². The number of hydrogen-bond acceptors (Lipinski definition) is 3. The summed E-state index contributed by atoms with van der Waals surface area (Å²) in [7, 11) is 0. The largest absolute Gasteiger partial charge is 0.491 e. The predicted octanol–water partition coefficient (Wildman–Crippen LogP) is 3.69. The first-order valence-electron chi connectivity index (χ1n) is 7.68. The van der Waals surface area contributed by atoms with Crippen LogP contribution in [0, 0.1) is 0 Å². The third kappa shape index (κ3) is 3.66. The van der Waals surface area contributed by atoms with Crippen LogP contribution in [0.25, 0.3) is 11.0 Å². The number of fused-ring (bicyclic) bond motifs is 1. The van der Waals surface area contributed by atoms with Crippen LogP contribution in [0.2, 0.25) is 5.02 Å². The Morgan fingerprint density at radius 2 is 2.04 bits per heavy atom. The minimum Gasteiger partial charge on any atom is -0.491 e. The van der Waals surface area contributed by atoms with Gasteiger partial charge < -0.3 is 14.4 Å². The molecule has 0 aliphatic heterocycles. The van der Waals surface area contributed by atoms with Crippen molar-refractivity contribution < 1.29 is 9.84 Å². The lowest BCUT2D eigenvalue weighted by molar-refractivity contribution is 0.0927. The fraction of sp³-hybridized carbons (Fsp3) is 0.278. The summed E-state index contributed by atoms with van der Waals surface area (Å²) in [6.45, 7) is 2.72. The van der Waals surface area contributed by atoms with Crippen molar-refractivity contribution in [3.63, 3.8) is 0 Å². The number of rotatable bonds is 6. The first-order valence-corrected chi connectivity index (χ1v) is 8.05. The monoisotopic (exact) mass is 330 g/mol. The maximum Gasteiger partial charge on any atom is 0.120 e. The molecule has 5 heteroatoms. The Morgan fingerprint density at radius 3 is 2.83 bits per heavy atom. The van der Waals surface area contributed by atoms with Gasteiger partial charge in [0, 0.05) is 11.4 Å². The number of aromatic nitrogens is 2. The van der Waals surface area contributed by atoms with E-state index in [0.717, 1.165) is 23.3 Å². The minimum absolute atomic E-state index is 0.204. The Balaban J connectivity index is 1.71. The van der Waals surface area contributed by atoms with Crippen molar-refractivity contribution >= 4 is 22.6 Å². The van der Waals surface area contributed by atoms with E-state index in [-0.39, 0.29) is 6.61 Å². The zero-order valence-corrected chi connectivity index (χ0v) is 13.7. The van der Waals surface area contributed by atoms with Crippen molar-refractivity contribution in [3.8, 4) is 5.75 Å². The number of aliphatic hydroxyl groups excluding tert-OH is 1. The summed E-state index contributed by atoms with van der Waals surface area (Å²) >= 11 is 5.93. The highest BCUT2D eigenvalue weighted by atomic mass is 35.5. The van der Waals surface area contributed by atoms with Crippen LogP contribution in [0.15, 0.2) is 48.5 Å². The standard InChI is InChI=1S/C18H19ClN2O2/c1-2-18-20-16-8-3-4-9-17(16)21(18)11-14(22)12-23-15-7-5-6-13(19)10-15/h3-10,14,22H,2,11-12H2,1H3/t14-/m0/s1. The molecule has 0 saturated heterocycles. The number of aryl methyl sites for hydroxylation is 1. The van der Waals surface area contributed by atoms with Crippen molar-refractivity contribution in [1.82, 2.24) is 9.55 Å². The van der Waals surface area contributed by atoms with Gasteiger partial charge in [-0.2, -0.15) is 0 Å². The average molecular weight is 331 g/mol. The highest BCUT2D eigenvalue weighted by Crippen LogP contribution is 2.19. The van der Waals surface area contributed by atoms with E-state index in [0.29, 0.717) is 17.3 Å². The Kier molecular flexibility index (Phi) is 4.84. The molecule has 0 fully saturated rings. The Morgan fingerprint density at radius 1 is 1.22 bits per heavy atom. The Bertz CT molecular complexity index is 801. The van der Waals surface area contributed by atoms with Crippen molar-refractivity contribution in [1.29, 1.82) is 0 Å². The van der Waals surface area contributed by atoms with Crippen LogP contribution in [0.5, 0.6) is 5.75 Å². The van der Waals surface area contributed by atoms with Crippen molar-refractivity contribution in [2.75, 3.05) is 6.61 Å². The number of halogens is 1. The summed E-state index contributed by atoms with van der Waals surface area (Å²) in [6, 6.07) is 15.1. The molecule has 0 unspecified atom stereocenters. The molecule has 2 aromatic carbocycles. The van der Waals surface area contributed by atoms with E-state index in [9.17, 15) is 5.11 Å². The highest BCUT2D eigenvalue weighted by molar-refractivity contribution is 6.30. The van der Waals surface area contributed by atoms with Gasteiger partial charge in [0.15, 0.2) is 0 Å². The van der Waals surface area contributed by atoms with Gasteiger partial charge in [-0.15, -0.1) is 0 Å². The molecule has 0 radical (unpaired) electrons. The van der Waals surface area contributed by atoms with Gasteiger partial charge in [-0.25, -0.2) is 4.98 Å². The molecular formula is C18H19ClN2O2. The molecule has 3 rings (SSSR count). The molecule has 23 heavy (non-hydrogen) atoms. The first kappa shape index (κ1) is 15.8. The highest BCUT2D eigenvalue weighted by Gasteiger charge is 2.13. The molecule has 3 aromatic rings. The van der Waals surface area contributed by atoms with Crippen LogP contribution >= 0.6 is 11.6 Å². The van der Waals surface area contributed by atoms with Gasteiger partial charge >= 0.3 is 0 Å². The molecular weight excluding hydrogens is 312 g/mol. The van der Waals surface area contributed by atoms with Crippen molar-refractivity contribution in [2.45, 2.75) is 26.0 Å². The number of ether oxygens (including phenoxy) is 1. The van der Waals surface area contributed by atoms with Crippen molar-refractivity contribution in [3.05, 3.63) is 59.4 Å². The van der Waals surface area contributed by atoms with Crippen LogP contribution < -0.4 is 4.74 Å². The van der Waals surface area contributed by atoms with Crippen LogP contribution in [0.4, 0.5) is 0 Å². The normalized spacial score (nSPS) is 12.5. The second-order valence-electron chi connectivity index (χ2n) is 5.40. The molecule has 1 atom stereocenters. The second kappa shape index (κ2) is 7.02. The molecule has 0 aliphatic rings. The number of aliphatic hydroxyl groups is 1. The molecule has 1 N–H and O–H groups in total. The first-order chi connectivity index (χ1) is 11.2. The van der Waals surface area contributed by atoms with Crippen LogP contribution in [-0.2, 0) is 13.0 Å². The summed E-state index contributed by atoms with van der Waals surface area (Å²) in [6.07, 6.45) is 0.188. The van der Waals surface area contributed by atoms with Gasteiger partial charge in [0.25, 0.3) is 0 Å². The molecule has 0 saturated carbocycles. The maximum absolute atomic E-state index is 10.3. The maximum atomic E-state index is 10.3. The minimum atomic E-state index is -0.628. The molecule has 120 valence electrons. The van der Waals surface area contributed by atoms with Gasteiger partial charge in [-0.1, -0.05) is 36.7 Å². The quantitative estimate of drug-likeness (QED) is 0.749. The van der Waals surface area contributed by atoms with E-state index in [2.05, 4.69) is 16.5 Å². The number of imidazole rings is 1. The summed E-state index contributed by atoms with van der Waals surface area (Å²) in [4.78, 5) is 4.61. The van der Waals surface area contributed by atoms with Gasteiger partial charge in [0.05, 0.1) is 17.6 Å². The summed E-state index contributed by atoms with van der Waals surface area (Å²) in [5, 5.41) is 10.9. The summed E-state index contributed by atoms with van der Waals surface area (Å²) in [5.74, 6) is 1.62. The fourth-order valence-corrected chi connectivity index (χ4v) is 2.79.